The van der Waals surface area contributed by atoms with Gasteiger partial charge in [0.05, 0.1) is 5.92 Å². The first-order chi connectivity index (χ1) is 7.41. The Morgan fingerprint density at radius 2 is 2.12 bits per heavy atom. The van der Waals surface area contributed by atoms with Crippen molar-refractivity contribution in [1.29, 1.82) is 0 Å². The van der Waals surface area contributed by atoms with E-state index in [9.17, 15) is 13.6 Å². The van der Waals surface area contributed by atoms with E-state index >= 15 is 0 Å². The predicted octanol–water partition coefficient (Wildman–Crippen LogP) is 3.65. The summed E-state index contributed by atoms with van der Waals surface area (Å²) in [6.07, 6.45) is -2.20. The maximum atomic E-state index is 12.4. The molecule has 0 bridgehead atoms. The summed E-state index contributed by atoms with van der Waals surface area (Å²) >= 11 is 3.05. The van der Waals surface area contributed by atoms with Crippen molar-refractivity contribution in [3.05, 3.63) is 33.8 Å². The van der Waals surface area contributed by atoms with Gasteiger partial charge in [0.2, 0.25) is 0 Å². The summed E-state index contributed by atoms with van der Waals surface area (Å²) in [6, 6.07) is 4.39. The molecule has 0 radical (unpaired) electrons. The molecular weight excluding hydrogens is 282 g/mol. The lowest BCUT2D eigenvalue weighted by molar-refractivity contribution is -0.141. The molecule has 0 aromatic heterocycles. The van der Waals surface area contributed by atoms with Gasteiger partial charge in [-0.25, -0.2) is 8.78 Å². The summed E-state index contributed by atoms with van der Waals surface area (Å²) < 4.78 is 25.2. The van der Waals surface area contributed by atoms with Crippen molar-refractivity contribution in [3.8, 4) is 0 Å². The third-order valence-electron chi connectivity index (χ3n) is 2.26. The SMILES string of the molecule is CC(Cc1ccc(C(F)F)c(Br)c1)C(=O)O. The zero-order chi connectivity index (χ0) is 12.3. The molecule has 1 atom stereocenters. The Morgan fingerprint density at radius 3 is 2.56 bits per heavy atom. The number of halogens is 3. The van der Waals surface area contributed by atoms with Crippen molar-refractivity contribution in [2.45, 2.75) is 19.8 Å². The lowest BCUT2D eigenvalue weighted by atomic mass is 10.0. The lowest BCUT2D eigenvalue weighted by Gasteiger charge is -2.09. The van der Waals surface area contributed by atoms with E-state index in [1.165, 1.54) is 12.1 Å². The Morgan fingerprint density at radius 1 is 1.50 bits per heavy atom. The second kappa shape index (κ2) is 5.39. The topological polar surface area (TPSA) is 37.3 Å². The molecule has 0 aliphatic heterocycles. The molecule has 0 heterocycles. The molecule has 0 saturated carbocycles. The van der Waals surface area contributed by atoms with E-state index in [4.69, 9.17) is 5.11 Å². The van der Waals surface area contributed by atoms with Crippen molar-refractivity contribution >= 4 is 21.9 Å². The molecule has 0 spiro atoms. The molecule has 1 aromatic carbocycles. The van der Waals surface area contributed by atoms with E-state index in [1.54, 1.807) is 13.0 Å². The second-order valence-corrected chi connectivity index (χ2v) is 4.45. The van der Waals surface area contributed by atoms with Gasteiger partial charge < -0.3 is 5.11 Å². The molecule has 5 heteroatoms. The monoisotopic (exact) mass is 292 g/mol. The van der Waals surface area contributed by atoms with E-state index in [-0.39, 0.29) is 5.56 Å². The van der Waals surface area contributed by atoms with Gasteiger partial charge in [-0.15, -0.1) is 0 Å². The van der Waals surface area contributed by atoms with Gasteiger partial charge in [0.1, 0.15) is 0 Å². The van der Waals surface area contributed by atoms with Crippen LogP contribution in [0.3, 0.4) is 0 Å². The Kier molecular flexibility index (Phi) is 4.41. The van der Waals surface area contributed by atoms with Gasteiger partial charge in [-0.2, -0.15) is 0 Å². The van der Waals surface area contributed by atoms with Crippen LogP contribution in [0.15, 0.2) is 22.7 Å². The maximum absolute atomic E-state index is 12.4. The number of carboxylic acid groups (broad SMARTS) is 1. The van der Waals surface area contributed by atoms with Crippen LogP contribution in [0.25, 0.3) is 0 Å². The molecule has 0 saturated heterocycles. The molecule has 16 heavy (non-hydrogen) atoms. The van der Waals surface area contributed by atoms with E-state index in [1.807, 2.05) is 0 Å². The highest BCUT2D eigenvalue weighted by Crippen LogP contribution is 2.28. The third kappa shape index (κ3) is 3.27. The third-order valence-corrected chi connectivity index (χ3v) is 2.95. The average Bonchev–Trinajstić information content (AvgIpc) is 2.16. The minimum atomic E-state index is -2.53. The first-order valence-electron chi connectivity index (χ1n) is 4.71. The Hall–Kier alpha value is -0.970. The average molecular weight is 293 g/mol. The first kappa shape index (κ1) is 13.1. The van der Waals surface area contributed by atoms with Crippen LogP contribution in [0, 0.1) is 5.92 Å². The molecule has 1 rings (SSSR count). The summed E-state index contributed by atoms with van der Waals surface area (Å²) in [5.41, 5.74) is 0.651. The summed E-state index contributed by atoms with van der Waals surface area (Å²) in [7, 11) is 0. The summed E-state index contributed by atoms with van der Waals surface area (Å²) in [4.78, 5) is 10.6. The van der Waals surface area contributed by atoms with Crippen LogP contribution in [0.4, 0.5) is 8.78 Å². The summed E-state index contributed by atoms with van der Waals surface area (Å²) in [6.45, 7) is 1.58. The fraction of sp³-hybridized carbons (Fsp3) is 0.364. The van der Waals surface area contributed by atoms with Crippen LogP contribution < -0.4 is 0 Å². The van der Waals surface area contributed by atoms with Crippen molar-refractivity contribution in [2.75, 3.05) is 0 Å². The van der Waals surface area contributed by atoms with Crippen molar-refractivity contribution in [3.63, 3.8) is 0 Å². The molecule has 0 amide bonds. The van der Waals surface area contributed by atoms with Crippen LogP contribution in [0.2, 0.25) is 0 Å². The fourth-order valence-electron chi connectivity index (χ4n) is 1.32. The van der Waals surface area contributed by atoms with Crippen LogP contribution in [-0.4, -0.2) is 11.1 Å². The molecule has 1 aromatic rings. The Labute approximate surface area is 100 Å². The lowest BCUT2D eigenvalue weighted by Crippen LogP contribution is -2.12. The number of carboxylic acids is 1. The van der Waals surface area contributed by atoms with Gasteiger partial charge in [0.25, 0.3) is 6.43 Å². The standard InChI is InChI=1S/C11H11BrF2O2/c1-6(11(15)16)4-7-2-3-8(10(13)14)9(12)5-7/h2-3,5-6,10H,4H2,1H3,(H,15,16). The predicted molar refractivity (Wildman–Crippen MR) is 59.6 cm³/mol. The molecule has 1 unspecified atom stereocenters. The number of alkyl halides is 2. The summed E-state index contributed by atoms with van der Waals surface area (Å²) in [5.74, 6) is -1.42. The highest BCUT2D eigenvalue weighted by molar-refractivity contribution is 9.10. The number of benzene rings is 1. The van der Waals surface area contributed by atoms with E-state index < -0.39 is 18.3 Å². The van der Waals surface area contributed by atoms with Gasteiger partial charge in [-0.1, -0.05) is 35.0 Å². The minimum absolute atomic E-state index is 0.0771. The largest absolute Gasteiger partial charge is 0.481 e. The van der Waals surface area contributed by atoms with Crippen LogP contribution in [0.5, 0.6) is 0 Å². The van der Waals surface area contributed by atoms with E-state index in [0.29, 0.717) is 10.9 Å². The smallest absolute Gasteiger partial charge is 0.306 e. The highest BCUT2D eigenvalue weighted by Gasteiger charge is 2.15. The molecule has 1 N–H and O–H groups in total. The van der Waals surface area contributed by atoms with Gasteiger partial charge in [0.15, 0.2) is 0 Å². The first-order valence-corrected chi connectivity index (χ1v) is 5.50. The van der Waals surface area contributed by atoms with Crippen molar-refractivity contribution < 1.29 is 18.7 Å². The summed E-state index contributed by atoms with van der Waals surface area (Å²) in [5, 5.41) is 8.72. The van der Waals surface area contributed by atoms with E-state index in [2.05, 4.69) is 15.9 Å². The van der Waals surface area contributed by atoms with Gasteiger partial charge >= 0.3 is 5.97 Å². The van der Waals surface area contributed by atoms with E-state index in [0.717, 1.165) is 5.56 Å². The molecule has 88 valence electrons. The zero-order valence-electron chi connectivity index (χ0n) is 8.58. The zero-order valence-corrected chi connectivity index (χ0v) is 10.2. The number of hydrogen-bond donors (Lipinski definition) is 1. The second-order valence-electron chi connectivity index (χ2n) is 3.60. The molecule has 0 aliphatic carbocycles. The van der Waals surface area contributed by atoms with Crippen molar-refractivity contribution in [1.82, 2.24) is 0 Å². The fourth-order valence-corrected chi connectivity index (χ4v) is 1.91. The van der Waals surface area contributed by atoms with Crippen LogP contribution in [-0.2, 0) is 11.2 Å². The number of hydrogen-bond acceptors (Lipinski definition) is 1. The minimum Gasteiger partial charge on any atom is -0.481 e. The normalized spacial score (nSPS) is 12.8. The molecule has 2 nitrogen and oxygen atoms in total. The highest BCUT2D eigenvalue weighted by atomic mass is 79.9. The van der Waals surface area contributed by atoms with Crippen LogP contribution in [0.1, 0.15) is 24.5 Å². The number of rotatable bonds is 4. The number of aliphatic carboxylic acids is 1. The molecule has 0 fully saturated rings. The van der Waals surface area contributed by atoms with Crippen molar-refractivity contribution in [2.24, 2.45) is 5.92 Å². The van der Waals surface area contributed by atoms with Gasteiger partial charge in [-0.05, 0) is 18.1 Å². The van der Waals surface area contributed by atoms with Gasteiger partial charge in [-0.3, -0.25) is 4.79 Å². The number of carbonyl (C=O) groups is 1. The van der Waals surface area contributed by atoms with Crippen LogP contribution >= 0.6 is 15.9 Å². The van der Waals surface area contributed by atoms with Gasteiger partial charge in [0, 0.05) is 10.0 Å². The maximum Gasteiger partial charge on any atom is 0.306 e. The quantitative estimate of drug-likeness (QED) is 0.920. The molecule has 0 aliphatic rings. The Balaban J connectivity index is 2.85. The molecular formula is C11H11BrF2O2. The Bertz CT molecular complexity index is 394.